The molecule has 0 N–H and O–H groups in total. The lowest BCUT2D eigenvalue weighted by molar-refractivity contribution is -0.133. The van der Waals surface area contributed by atoms with Gasteiger partial charge in [0, 0.05) is 29.6 Å². The number of fused-ring (bicyclic) bond motifs is 1. The second-order valence-corrected chi connectivity index (χ2v) is 9.07. The van der Waals surface area contributed by atoms with Gasteiger partial charge in [0.25, 0.3) is 0 Å². The lowest BCUT2D eigenvalue weighted by Crippen LogP contribution is -2.34. The molecule has 28 heavy (non-hydrogen) atoms. The molecule has 0 fully saturated rings. The highest BCUT2D eigenvalue weighted by atomic mass is 35.5. The lowest BCUT2D eigenvalue weighted by atomic mass is 9.91. The first-order chi connectivity index (χ1) is 13.2. The van der Waals surface area contributed by atoms with Crippen LogP contribution in [0.3, 0.4) is 0 Å². The molecule has 0 unspecified atom stereocenters. The summed E-state index contributed by atoms with van der Waals surface area (Å²) >= 11 is 12.3. The Balaban J connectivity index is 1.75. The highest BCUT2D eigenvalue weighted by Crippen LogP contribution is 2.33. The second kappa shape index (κ2) is 8.62. The van der Waals surface area contributed by atoms with Crippen LogP contribution in [-0.2, 0) is 17.8 Å². The minimum absolute atomic E-state index is 0.0812. The molecule has 0 aliphatic carbocycles. The molecule has 0 atom stereocenters. The molecule has 1 aliphatic rings. The molecule has 0 saturated heterocycles. The Kier molecular flexibility index (Phi) is 6.41. The van der Waals surface area contributed by atoms with E-state index in [9.17, 15) is 4.79 Å². The average Bonchev–Trinajstić information content (AvgIpc) is 3.06. The molecule has 2 aromatic carbocycles. The topological polar surface area (TPSA) is 38.8 Å². The van der Waals surface area contributed by atoms with Gasteiger partial charge >= 0.3 is 0 Å². The van der Waals surface area contributed by atoms with Crippen LogP contribution in [0.4, 0.5) is 0 Å². The highest BCUT2D eigenvalue weighted by molar-refractivity contribution is 6.35. The van der Waals surface area contributed by atoms with Crippen molar-refractivity contribution < 1.29 is 14.3 Å². The maximum Gasteiger partial charge on any atom is 0.231 e. The van der Waals surface area contributed by atoms with Crippen molar-refractivity contribution in [3.8, 4) is 11.5 Å². The number of carbonyl (C=O) groups excluding carboxylic acids is 1. The maximum atomic E-state index is 13.0. The van der Waals surface area contributed by atoms with Crippen molar-refractivity contribution in [1.29, 1.82) is 0 Å². The Bertz CT molecular complexity index is 861. The number of hydrogen-bond donors (Lipinski definition) is 0. The SMILES string of the molecule is CC(C)(C)CC(=O)N(CCc1ccc(Cl)cc1Cl)Cc1ccc2c(c1)OCO2. The van der Waals surface area contributed by atoms with Gasteiger partial charge in [-0.3, -0.25) is 4.79 Å². The van der Waals surface area contributed by atoms with Gasteiger partial charge in [-0.25, -0.2) is 0 Å². The third-order valence-electron chi connectivity index (χ3n) is 4.51. The van der Waals surface area contributed by atoms with Gasteiger partial charge < -0.3 is 14.4 Å². The molecule has 6 heteroatoms. The van der Waals surface area contributed by atoms with Crippen LogP contribution in [0.5, 0.6) is 11.5 Å². The van der Waals surface area contributed by atoms with Gasteiger partial charge in [0.2, 0.25) is 12.7 Å². The van der Waals surface area contributed by atoms with Gasteiger partial charge in [0.1, 0.15) is 0 Å². The predicted molar refractivity (Wildman–Crippen MR) is 112 cm³/mol. The van der Waals surface area contributed by atoms with Crippen LogP contribution in [-0.4, -0.2) is 24.1 Å². The summed E-state index contributed by atoms with van der Waals surface area (Å²) in [5, 5.41) is 1.23. The molecular formula is C22H25Cl2NO3. The van der Waals surface area contributed by atoms with Gasteiger partial charge in [-0.15, -0.1) is 0 Å². The molecule has 4 nitrogen and oxygen atoms in total. The zero-order valence-electron chi connectivity index (χ0n) is 16.4. The van der Waals surface area contributed by atoms with Crippen LogP contribution in [0.1, 0.15) is 38.3 Å². The first-order valence-electron chi connectivity index (χ1n) is 9.31. The Labute approximate surface area is 176 Å². The normalized spacial score (nSPS) is 12.9. The number of nitrogens with zero attached hydrogens (tertiary/aromatic N) is 1. The van der Waals surface area contributed by atoms with E-state index in [0.717, 1.165) is 22.6 Å². The number of carbonyl (C=O) groups is 1. The number of amides is 1. The van der Waals surface area contributed by atoms with E-state index in [1.54, 1.807) is 6.07 Å². The zero-order valence-corrected chi connectivity index (χ0v) is 17.9. The molecule has 3 rings (SSSR count). The van der Waals surface area contributed by atoms with E-state index in [1.165, 1.54) is 0 Å². The van der Waals surface area contributed by atoms with Gasteiger partial charge in [-0.1, -0.05) is 56.1 Å². The summed E-state index contributed by atoms with van der Waals surface area (Å²) in [7, 11) is 0. The number of ether oxygens (including phenoxy) is 2. The molecule has 2 aromatic rings. The summed E-state index contributed by atoms with van der Waals surface area (Å²) < 4.78 is 10.8. The van der Waals surface area contributed by atoms with Crippen LogP contribution in [0.2, 0.25) is 10.0 Å². The Morgan fingerprint density at radius 3 is 2.54 bits per heavy atom. The van der Waals surface area contributed by atoms with E-state index in [0.29, 0.717) is 36.0 Å². The van der Waals surface area contributed by atoms with Crippen LogP contribution in [0.15, 0.2) is 36.4 Å². The van der Waals surface area contributed by atoms with Crippen molar-refractivity contribution in [2.75, 3.05) is 13.3 Å². The minimum atomic E-state index is -0.0812. The van der Waals surface area contributed by atoms with Crippen LogP contribution >= 0.6 is 23.2 Å². The summed E-state index contributed by atoms with van der Waals surface area (Å²) in [5.74, 6) is 1.58. The van der Waals surface area contributed by atoms with Crippen LogP contribution in [0.25, 0.3) is 0 Å². The van der Waals surface area contributed by atoms with E-state index < -0.39 is 0 Å². The number of hydrogen-bond acceptors (Lipinski definition) is 3. The minimum Gasteiger partial charge on any atom is -0.454 e. The molecular weight excluding hydrogens is 397 g/mol. The molecule has 1 heterocycles. The van der Waals surface area contributed by atoms with Crippen molar-refractivity contribution >= 4 is 29.1 Å². The fourth-order valence-electron chi connectivity index (χ4n) is 3.10. The quantitative estimate of drug-likeness (QED) is 0.597. The van der Waals surface area contributed by atoms with Crippen molar-refractivity contribution in [3.05, 3.63) is 57.6 Å². The third kappa shape index (κ3) is 5.55. The fourth-order valence-corrected chi connectivity index (χ4v) is 3.60. The van der Waals surface area contributed by atoms with E-state index in [-0.39, 0.29) is 18.1 Å². The Morgan fingerprint density at radius 2 is 1.82 bits per heavy atom. The Hall–Kier alpha value is -1.91. The van der Waals surface area contributed by atoms with Crippen LogP contribution in [0, 0.1) is 5.41 Å². The highest BCUT2D eigenvalue weighted by Gasteiger charge is 2.22. The largest absolute Gasteiger partial charge is 0.454 e. The number of halogens is 2. The third-order valence-corrected chi connectivity index (χ3v) is 5.10. The van der Waals surface area contributed by atoms with E-state index in [4.69, 9.17) is 32.7 Å². The molecule has 1 amide bonds. The summed E-state index contributed by atoms with van der Waals surface area (Å²) in [6, 6.07) is 11.3. The second-order valence-electron chi connectivity index (χ2n) is 8.23. The van der Waals surface area contributed by atoms with Gasteiger partial charge in [-0.2, -0.15) is 0 Å². The summed E-state index contributed by atoms with van der Waals surface area (Å²) in [5.41, 5.74) is 1.90. The standard InChI is InChI=1S/C22H25Cl2NO3/c1-22(2,3)12-21(26)25(9-8-16-5-6-17(23)11-18(16)24)13-15-4-7-19-20(10-15)28-14-27-19/h4-7,10-11H,8-9,12-14H2,1-3H3. The molecule has 0 radical (unpaired) electrons. The van der Waals surface area contributed by atoms with Gasteiger partial charge in [0.15, 0.2) is 11.5 Å². The number of rotatable bonds is 6. The lowest BCUT2D eigenvalue weighted by Gasteiger charge is -2.27. The molecule has 0 bridgehead atoms. The van der Waals surface area contributed by atoms with Crippen molar-refractivity contribution in [2.24, 2.45) is 5.41 Å². The van der Waals surface area contributed by atoms with Gasteiger partial charge in [0.05, 0.1) is 0 Å². The molecule has 150 valence electrons. The van der Waals surface area contributed by atoms with Crippen molar-refractivity contribution in [1.82, 2.24) is 4.90 Å². The van der Waals surface area contributed by atoms with Crippen molar-refractivity contribution in [3.63, 3.8) is 0 Å². The molecule has 0 saturated carbocycles. The summed E-state index contributed by atoms with van der Waals surface area (Å²) in [4.78, 5) is 14.9. The first kappa shape index (κ1) is 20.8. The number of benzene rings is 2. The monoisotopic (exact) mass is 421 g/mol. The maximum absolute atomic E-state index is 13.0. The van der Waals surface area contributed by atoms with E-state index >= 15 is 0 Å². The molecule has 0 aromatic heterocycles. The molecule has 1 aliphatic heterocycles. The fraction of sp³-hybridized carbons (Fsp3) is 0.409. The summed E-state index contributed by atoms with van der Waals surface area (Å²) in [6.07, 6.45) is 1.14. The first-order valence-corrected chi connectivity index (χ1v) is 10.1. The Morgan fingerprint density at radius 1 is 1.07 bits per heavy atom. The van der Waals surface area contributed by atoms with E-state index in [1.807, 2.05) is 35.2 Å². The zero-order chi connectivity index (χ0) is 20.3. The van der Waals surface area contributed by atoms with Gasteiger partial charge in [-0.05, 0) is 47.2 Å². The summed E-state index contributed by atoms with van der Waals surface area (Å²) in [6.45, 7) is 7.53. The smallest absolute Gasteiger partial charge is 0.231 e. The molecule has 0 spiro atoms. The average molecular weight is 422 g/mol. The van der Waals surface area contributed by atoms with Crippen molar-refractivity contribution in [2.45, 2.75) is 40.2 Å². The predicted octanol–water partition coefficient (Wildman–Crippen LogP) is 5.73. The van der Waals surface area contributed by atoms with E-state index in [2.05, 4.69) is 20.8 Å². The van der Waals surface area contributed by atoms with Crippen LogP contribution < -0.4 is 9.47 Å².